The van der Waals surface area contributed by atoms with Gasteiger partial charge in [-0.15, -0.1) is 0 Å². The monoisotopic (exact) mass is 311 g/mol. The predicted molar refractivity (Wildman–Crippen MR) is 62.8 cm³/mol. The van der Waals surface area contributed by atoms with Crippen molar-refractivity contribution < 1.29 is 8.42 Å². The summed E-state index contributed by atoms with van der Waals surface area (Å²) in [4.78, 5) is 3.52. The lowest BCUT2D eigenvalue weighted by Crippen LogP contribution is -2.13. The first kappa shape index (κ1) is 12.4. The van der Waals surface area contributed by atoms with Crippen LogP contribution in [-0.2, 0) is 10.0 Å². The summed E-state index contributed by atoms with van der Waals surface area (Å²) >= 11 is 12.1. The highest BCUT2D eigenvalue weighted by molar-refractivity contribution is 7.93. The smallest absolute Gasteiger partial charge is 0.252 e. The van der Waals surface area contributed by atoms with Gasteiger partial charge in [-0.3, -0.25) is 4.72 Å². The Kier molecular flexibility index (Phi) is 3.43. The van der Waals surface area contributed by atoms with Crippen LogP contribution in [0.2, 0.25) is 10.2 Å². The van der Waals surface area contributed by atoms with Gasteiger partial charge in [0, 0.05) is 17.7 Å². The third kappa shape index (κ3) is 2.80. The molecule has 11 heteroatoms. The summed E-state index contributed by atoms with van der Waals surface area (Å²) in [6, 6.07) is 1.19. The number of hydrogen-bond acceptors (Lipinski definition) is 7. The highest BCUT2D eigenvalue weighted by Crippen LogP contribution is 2.23. The van der Waals surface area contributed by atoms with Gasteiger partial charge in [-0.05, 0) is 11.3 Å². The average molecular weight is 312 g/mol. The van der Waals surface area contributed by atoms with Gasteiger partial charge in [0.25, 0.3) is 10.0 Å². The molecule has 0 saturated heterocycles. The quantitative estimate of drug-likeness (QED) is 0.861. The Morgan fingerprint density at radius 2 is 2.12 bits per heavy atom. The minimum atomic E-state index is -3.81. The van der Waals surface area contributed by atoms with Crippen molar-refractivity contribution in [1.82, 2.24) is 19.8 Å². The van der Waals surface area contributed by atoms with Crippen LogP contribution in [0.3, 0.4) is 0 Å². The van der Waals surface area contributed by atoms with Crippen LogP contribution >= 0.6 is 34.7 Å². The lowest BCUT2D eigenvalue weighted by atomic mass is 10.5. The number of anilines is 1. The Morgan fingerprint density at radius 1 is 1.35 bits per heavy atom. The fraction of sp³-hybridized carbons (Fsp3) is 0. The molecule has 0 aromatic carbocycles. The van der Waals surface area contributed by atoms with E-state index in [9.17, 15) is 8.42 Å². The topological polar surface area (TPSA) is 97.7 Å². The zero-order valence-corrected chi connectivity index (χ0v) is 11.0. The van der Waals surface area contributed by atoms with Crippen LogP contribution in [0.15, 0.2) is 17.2 Å². The minimum Gasteiger partial charge on any atom is -0.252 e. The number of nitrogens with one attached hydrogen (secondary N) is 1. The molecule has 90 valence electrons. The SMILES string of the molecule is O=S(=O)(Nc1nnns1)c1cnc(Cl)c(Cl)c1. The normalized spacial score (nSPS) is 11.4. The highest BCUT2D eigenvalue weighted by Gasteiger charge is 2.18. The lowest BCUT2D eigenvalue weighted by Gasteiger charge is -2.04. The van der Waals surface area contributed by atoms with E-state index in [0.29, 0.717) is 0 Å². The maximum absolute atomic E-state index is 11.8. The number of nitrogens with zero attached hydrogens (tertiary/aromatic N) is 4. The zero-order chi connectivity index (χ0) is 12.5. The van der Waals surface area contributed by atoms with Gasteiger partial charge in [0.15, 0.2) is 0 Å². The largest absolute Gasteiger partial charge is 0.265 e. The van der Waals surface area contributed by atoms with Gasteiger partial charge in [-0.25, -0.2) is 13.4 Å². The Hall–Kier alpha value is -1.03. The van der Waals surface area contributed by atoms with E-state index in [1.807, 2.05) is 0 Å². The van der Waals surface area contributed by atoms with E-state index in [0.717, 1.165) is 17.7 Å². The van der Waals surface area contributed by atoms with Crippen LogP contribution in [0.5, 0.6) is 0 Å². The molecule has 0 amide bonds. The molecular weight excluding hydrogens is 309 g/mol. The number of halogens is 2. The van der Waals surface area contributed by atoms with Crippen molar-refractivity contribution in [3.05, 3.63) is 22.4 Å². The molecule has 17 heavy (non-hydrogen) atoms. The van der Waals surface area contributed by atoms with E-state index < -0.39 is 10.0 Å². The summed E-state index contributed by atoms with van der Waals surface area (Å²) in [5.74, 6) is 0. The van der Waals surface area contributed by atoms with Crippen LogP contribution in [0.1, 0.15) is 0 Å². The molecule has 2 rings (SSSR count). The summed E-state index contributed by atoms with van der Waals surface area (Å²) in [6.45, 7) is 0. The second-order valence-corrected chi connectivity index (χ2v) is 5.90. The number of rotatable bonds is 3. The lowest BCUT2D eigenvalue weighted by molar-refractivity contribution is 0.600. The fourth-order valence-electron chi connectivity index (χ4n) is 0.898. The predicted octanol–water partition coefficient (Wildman–Crippen LogP) is 1.44. The second kappa shape index (κ2) is 4.69. The maximum atomic E-state index is 11.8. The van der Waals surface area contributed by atoms with Gasteiger partial charge in [0.1, 0.15) is 10.0 Å². The molecule has 0 saturated carbocycles. The first-order valence-electron chi connectivity index (χ1n) is 3.98. The molecule has 0 unspecified atom stereocenters. The molecule has 0 aliphatic carbocycles. The summed E-state index contributed by atoms with van der Waals surface area (Å²) in [7, 11) is -3.81. The highest BCUT2D eigenvalue weighted by atomic mass is 35.5. The van der Waals surface area contributed by atoms with E-state index in [-0.39, 0.29) is 20.2 Å². The van der Waals surface area contributed by atoms with Gasteiger partial charge >= 0.3 is 0 Å². The summed E-state index contributed by atoms with van der Waals surface area (Å²) < 4.78 is 29.2. The molecule has 0 aliphatic heterocycles. The molecule has 2 aromatic rings. The fourth-order valence-corrected chi connectivity index (χ4v) is 2.79. The Labute approximate surface area is 110 Å². The first-order chi connectivity index (χ1) is 7.99. The second-order valence-electron chi connectivity index (χ2n) is 2.72. The Morgan fingerprint density at radius 3 is 2.71 bits per heavy atom. The van der Waals surface area contributed by atoms with Crippen LogP contribution in [0.25, 0.3) is 0 Å². The molecule has 0 atom stereocenters. The Bertz CT molecular complexity index is 630. The van der Waals surface area contributed by atoms with Crippen molar-refractivity contribution in [3.63, 3.8) is 0 Å². The van der Waals surface area contributed by atoms with Crippen molar-refractivity contribution in [3.8, 4) is 0 Å². The number of hydrogen-bond donors (Lipinski definition) is 1. The third-order valence-electron chi connectivity index (χ3n) is 1.60. The molecule has 2 heterocycles. The molecule has 0 radical (unpaired) electrons. The van der Waals surface area contributed by atoms with Gasteiger partial charge < -0.3 is 0 Å². The van der Waals surface area contributed by atoms with Crippen molar-refractivity contribution in [1.29, 1.82) is 0 Å². The van der Waals surface area contributed by atoms with Gasteiger partial charge in [-0.2, -0.15) is 0 Å². The van der Waals surface area contributed by atoms with Crippen LogP contribution in [0.4, 0.5) is 5.13 Å². The third-order valence-corrected chi connectivity index (χ3v) is 4.24. The first-order valence-corrected chi connectivity index (χ1v) is 6.99. The standard InChI is InChI=1S/C6H3Cl2N5O2S2/c7-4-1-3(2-9-5(4)8)17(14,15)11-6-10-12-13-16-6/h1-2H,(H,10,11,13). The van der Waals surface area contributed by atoms with Crippen LogP contribution in [-0.4, -0.2) is 28.2 Å². The molecule has 0 aliphatic rings. The van der Waals surface area contributed by atoms with Crippen LogP contribution < -0.4 is 4.72 Å². The molecule has 0 fully saturated rings. The van der Waals surface area contributed by atoms with Crippen molar-refractivity contribution in [2.75, 3.05) is 4.72 Å². The summed E-state index contributed by atoms with van der Waals surface area (Å²) in [5.41, 5.74) is 0. The molecule has 7 nitrogen and oxygen atoms in total. The van der Waals surface area contributed by atoms with E-state index in [1.165, 1.54) is 6.07 Å². The maximum Gasteiger partial charge on any atom is 0.265 e. The molecule has 0 spiro atoms. The van der Waals surface area contributed by atoms with Crippen molar-refractivity contribution in [2.45, 2.75) is 4.90 Å². The van der Waals surface area contributed by atoms with E-state index in [2.05, 4.69) is 24.5 Å². The average Bonchev–Trinajstić information content (AvgIpc) is 2.73. The van der Waals surface area contributed by atoms with Crippen molar-refractivity contribution >= 4 is 49.9 Å². The van der Waals surface area contributed by atoms with E-state index >= 15 is 0 Å². The number of sulfonamides is 1. The van der Waals surface area contributed by atoms with Gasteiger partial charge in [0.05, 0.1) is 5.02 Å². The van der Waals surface area contributed by atoms with E-state index in [4.69, 9.17) is 23.2 Å². The number of pyridine rings is 1. The Balaban J connectivity index is 2.35. The molecule has 1 N–H and O–H groups in total. The zero-order valence-electron chi connectivity index (χ0n) is 7.83. The van der Waals surface area contributed by atoms with Gasteiger partial charge in [-0.1, -0.05) is 32.8 Å². The van der Waals surface area contributed by atoms with Gasteiger partial charge in [0.2, 0.25) is 5.13 Å². The van der Waals surface area contributed by atoms with Crippen LogP contribution in [0, 0.1) is 0 Å². The summed E-state index contributed by atoms with van der Waals surface area (Å²) in [6.07, 6.45) is 1.09. The molecule has 2 aromatic heterocycles. The molecule has 0 bridgehead atoms. The minimum absolute atomic E-state index is 0.0307. The summed E-state index contributed by atoms with van der Waals surface area (Å²) in [5, 5.41) is 6.84. The van der Waals surface area contributed by atoms with E-state index in [1.54, 1.807) is 0 Å². The molecular formula is C6H3Cl2N5O2S2. The van der Waals surface area contributed by atoms with Crippen molar-refractivity contribution in [2.24, 2.45) is 0 Å². The number of aromatic nitrogens is 4.